The maximum Gasteiger partial charge on any atom is 0.264 e. The van der Waals surface area contributed by atoms with Crippen LogP contribution in [-0.4, -0.2) is 38.5 Å². The molecule has 0 aliphatic rings. The largest absolute Gasteiger partial charge is 0.394 e. The van der Waals surface area contributed by atoms with Crippen LogP contribution < -0.4 is 5.32 Å². The van der Waals surface area contributed by atoms with Crippen molar-refractivity contribution in [2.24, 2.45) is 0 Å². The van der Waals surface area contributed by atoms with Crippen molar-refractivity contribution in [1.29, 1.82) is 0 Å². The van der Waals surface area contributed by atoms with E-state index >= 15 is 0 Å². The van der Waals surface area contributed by atoms with Crippen molar-refractivity contribution in [3.63, 3.8) is 0 Å². The molecule has 158 valence electrons. The number of aliphatic hydroxyl groups is 1. The molecule has 0 aliphatic carbocycles. The zero-order chi connectivity index (χ0) is 21.5. The van der Waals surface area contributed by atoms with E-state index in [9.17, 15) is 13.5 Å². The van der Waals surface area contributed by atoms with E-state index in [2.05, 4.69) is 60.8 Å². The number of nitrogens with one attached hydrogen (secondary N) is 1. The first-order valence-corrected chi connectivity index (χ1v) is 11.9. The van der Waals surface area contributed by atoms with Crippen molar-refractivity contribution in [3.8, 4) is 0 Å². The minimum Gasteiger partial charge on any atom is -0.394 e. The Morgan fingerprint density at radius 1 is 1.00 bits per heavy atom. The van der Waals surface area contributed by atoms with Crippen LogP contribution in [0.2, 0.25) is 0 Å². The van der Waals surface area contributed by atoms with Gasteiger partial charge in [-0.2, -0.15) is 8.42 Å². The standard InChI is InChI=1S/C24H27NO4S/c1-4-16-12-19(13-25-24(2,14-26)15-29-30(3,27)28)21-11-9-18-7-5-6-17-8-10-20(16)23(21)22(17)18/h5-12,25-26H,4,13-15H2,1-3H3. The second-order valence-corrected chi connectivity index (χ2v) is 9.91. The van der Waals surface area contributed by atoms with Crippen LogP contribution in [-0.2, 0) is 27.3 Å². The molecule has 2 N–H and O–H groups in total. The van der Waals surface area contributed by atoms with E-state index in [0.29, 0.717) is 6.54 Å². The van der Waals surface area contributed by atoms with Crippen LogP contribution in [0.4, 0.5) is 0 Å². The van der Waals surface area contributed by atoms with Crippen LogP contribution in [0.1, 0.15) is 25.0 Å². The Kier molecular flexibility index (Phi) is 5.45. The molecule has 0 fully saturated rings. The number of hydrogen-bond donors (Lipinski definition) is 2. The summed E-state index contributed by atoms with van der Waals surface area (Å²) in [5.41, 5.74) is 1.52. The van der Waals surface area contributed by atoms with Crippen molar-refractivity contribution in [3.05, 3.63) is 59.7 Å². The second-order valence-electron chi connectivity index (χ2n) is 8.27. The summed E-state index contributed by atoms with van der Waals surface area (Å²) in [6.45, 7) is 4.03. The highest BCUT2D eigenvalue weighted by molar-refractivity contribution is 7.85. The van der Waals surface area contributed by atoms with Crippen LogP contribution in [0.15, 0.2) is 48.5 Å². The van der Waals surface area contributed by atoms with Crippen molar-refractivity contribution >= 4 is 42.4 Å². The molecule has 1 atom stereocenters. The Morgan fingerprint density at radius 3 is 2.20 bits per heavy atom. The highest BCUT2D eigenvalue weighted by Crippen LogP contribution is 2.38. The Labute approximate surface area is 177 Å². The molecule has 0 saturated heterocycles. The Balaban J connectivity index is 1.79. The average molecular weight is 426 g/mol. The number of rotatable bonds is 8. The smallest absolute Gasteiger partial charge is 0.264 e. The van der Waals surface area contributed by atoms with Gasteiger partial charge in [0.25, 0.3) is 10.1 Å². The lowest BCUT2D eigenvalue weighted by Gasteiger charge is -2.28. The van der Waals surface area contributed by atoms with E-state index in [-0.39, 0.29) is 13.2 Å². The minimum absolute atomic E-state index is 0.130. The van der Waals surface area contributed by atoms with Gasteiger partial charge >= 0.3 is 0 Å². The SMILES string of the molecule is CCc1cc(CNC(C)(CO)COS(C)(=O)=O)c2ccc3cccc4ccc1c2c43. The second kappa shape index (κ2) is 7.78. The summed E-state index contributed by atoms with van der Waals surface area (Å²) in [5.74, 6) is 0. The van der Waals surface area contributed by atoms with Gasteiger partial charge in [0.1, 0.15) is 0 Å². The zero-order valence-electron chi connectivity index (χ0n) is 17.5. The third-order valence-electron chi connectivity index (χ3n) is 5.84. The van der Waals surface area contributed by atoms with Crippen molar-refractivity contribution in [2.75, 3.05) is 19.5 Å². The summed E-state index contributed by atoms with van der Waals surface area (Å²) >= 11 is 0. The monoisotopic (exact) mass is 425 g/mol. The van der Waals surface area contributed by atoms with E-state index in [4.69, 9.17) is 4.18 Å². The van der Waals surface area contributed by atoms with Gasteiger partial charge in [-0.3, -0.25) is 4.18 Å². The van der Waals surface area contributed by atoms with Crippen LogP contribution in [0.5, 0.6) is 0 Å². The number of hydrogen-bond acceptors (Lipinski definition) is 5. The first-order valence-electron chi connectivity index (χ1n) is 10.1. The summed E-state index contributed by atoms with van der Waals surface area (Å²) in [4.78, 5) is 0. The molecule has 1 unspecified atom stereocenters. The quantitative estimate of drug-likeness (QED) is 0.330. The maximum absolute atomic E-state index is 11.4. The fraction of sp³-hybridized carbons (Fsp3) is 0.333. The van der Waals surface area contributed by atoms with E-state index in [0.717, 1.165) is 18.2 Å². The van der Waals surface area contributed by atoms with E-state index in [1.54, 1.807) is 6.92 Å². The van der Waals surface area contributed by atoms with E-state index in [1.807, 2.05) is 0 Å². The molecule has 0 saturated carbocycles. The molecule has 4 rings (SSSR count). The molecule has 0 bridgehead atoms. The van der Waals surface area contributed by atoms with Gasteiger partial charge in [0.2, 0.25) is 0 Å². The summed E-state index contributed by atoms with van der Waals surface area (Å²) in [6.07, 6.45) is 1.93. The molecule has 0 aliphatic heterocycles. The fourth-order valence-corrected chi connectivity index (χ4v) is 4.59. The lowest BCUT2D eigenvalue weighted by molar-refractivity contribution is 0.118. The number of benzene rings is 4. The lowest BCUT2D eigenvalue weighted by atomic mass is 9.88. The van der Waals surface area contributed by atoms with Crippen molar-refractivity contribution in [1.82, 2.24) is 5.32 Å². The van der Waals surface area contributed by atoms with Crippen LogP contribution in [0.3, 0.4) is 0 Å². The third-order valence-corrected chi connectivity index (χ3v) is 6.39. The van der Waals surface area contributed by atoms with Crippen molar-refractivity contribution < 1.29 is 17.7 Å². The number of aryl methyl sites for hydroxylation is 1. The Morgan fingerprint density at radius 2 is 1.63 bits per heavy atom. The van der Waals surface area contributed by atoms with Gasteiger partial charge in [-0.1, -0.05) is 55.5 Å². The molecular weight excluding hydrogens is 398 g/mol. The van der Waals surface area contributed by atoms with Gasteiger partial charge < -0.3 is 10.4 Å². The molecule has 0 spiro atoms. The Hall–Kier alpha value is -2.25. The first kappa shape index (κ1) is 21.0. The van der Waals surface area contributed by atoms with Crippen LogP contribution >= 0.6 is 0 Å². The predicted molar refractivity (Wildman–Crippen MR) is 123 cm³/mol. The molecule has 0 aromatic heterocycles. The normalized spacial score (nSPS) is 14.7. The predicted octanol–water partition coefficient (Wildman–Crippen LogP) is 3.96. The average Bonchev–Trinajstić information content (AvgIpc) is 2.74. The highest BCUT2D eigenvalue weighted by atomic mass is 32.2. The van der Waals surface area contributed by atoms with Crippen LogP contribution in [0, 0.1) is 0 Å². The summed E-state index contributed by atoms with van der Waals surface area (Å²) < 4.78 is 27.7. The van der Waals surface area contributed by atoms with Gasteiger partial charge in [0.05, 0.1) is 25.0 Å². The summed E-state index contributed by atoms with van der Waals surface area (Å²) in [5, 5.41) is 20.6. The summed E-state index contributed by atoms with van der Waals surface area (Å²) in [6, 6.07) is 17.3. The van der Waals surface area contributed by atoms with Gasteiger partial charge in [-0.05, 0) is 56.8 Å². The Bertz CT molecular complexity index is 1300. The molecule has 5 nitrogen and oxygen atoms in total. The molecular formula is C24H27NO4S. The zero-order valence-corrected chi connectivity index (χ0v) is 18.3. The molecule has 30 heavy (non-hydrogen) atoms. The third kappa shape index (κ3) is 3.88. The molecule has 0 radical (unpaired) electrons. The van der Waals surface area contributed by atoms with Gasteiger partial charge in [0.15, 0.2) is 0 Å². The van der Waals surface area contributed by atoms with Gasteiger partial charge in [-0.25, -0.2) is 0 Å². The lowest BCUT2D eigenvalue weighted by Crippen LogP contribution is -2.49. The fourth-order valence-electron chi connectivity index (χ4n) is 4.12. The summed E-state index contributed by atoms with van der Waals surface area (Å²) in [7, 11) is -3.58. The molecule has 0 heterocycles. The maximum atomic E-state index is 11.4. The number of aliphatic hydroxyl groups excluding tert-OH is 1. The molecule has 4 aromatic rings. The van der Waals surface area contributed by atoms with Crippen molar-refractivity contribution in [2.45, 2.75) is 32.4 Å². The minimum atomic E-state index is -3.58. The first-order chi connectivity index (χ1) is 14.2. The molecule has 0 amide bonds. The van der Waals surface area contributed by atoms with E-state index < -0.39 is 15.7 Å². The van der Waals surface area contributed by atoms with Crippen LogP contribution in [0.25, 0.3) is 32.3 Å². The molecule has 4 aromatic carbocycles. The van der Waals surface area contributed by atoms with Gasteiger partial charge in [-0.15, -0.1) is 0 Å². The van der Waals surface area contributed by atoms with E-state index in [1.165, 1.54) is 37.9 Å². The van der Waals surface area contributed by atoms with Gasteiger partial charge in [0, 0.05) is 6.54 Å². The molecule has 6 heteroatoms. The topological polar surface area (TPSA) is 75.6 Å². The highest BCUT2D eigenvalue weighted by Gasteiger charge is 2.26.